The first-order valence-electron chi connectivity index (χ1n) is 6.72. The maximum Gasteiger partial charge on any atom is 0.251 e. The molecule has 6 heteroatoms. The minimum atomic E-state index is -0.809. The second-order valence-corrected chi connectivity index (χ2v) is 5.36. The van der Waals surface area contributed by atoms with Gasteiger partial charge in [-0.25, -0.2) is 0 Å². The number of hydrogen-bond donors (Lipinski definition) is 2. The highest BCUT2D eigenvalue weighted by atomic mass is 35.5. The lowest BCUT2D eigenvalue weighted by Gasteiger charge is -2.15. The van der Waals surface area contributed by atoms with Gasteiger partial charge in [0.25, 0.3) is 5.91 Å². The summed E-state index contributed by atoms with van der Waals surface area (Å²) in [5.41, 5.74) is 7.44. The number of aryl methyl sites for hydroxylation is 1. The van der Waals surface area contributed by atoms with Crippen LogP contribution in [0.25, 0.3) is 0 Å². The molecule has 5 nitrogen and oxygen atoms in total. The highest BCUT2D eigenvalue weighted by Gasteiger charge is 2.19. The van der Waals surface area contributed by atoms with Crippen molar-refractivity contribution in [3.05, 3.63) is 64.4 Å². The van der Waals surface area contributed by atoms with Crippen molar-refractivity contribution in [2.24, 2.45) is 5.73 Å². The predicted molar refractivity (Wildman–Crippen MR) is 84.6 cm³/mol. The fourth-order valence-electron chi connectivity index (χ4n) is 1.95. The Labute approximate surface area is 133 Å². The summed E-state index contributed by atoms with van der Waals surface area (Å²) >= 11 is 6.01. The molecule has 2 rings (SSSR count). The molecule has 22 heavy (non-hydrogen) atoms. The van der Waals surface area contributed by atoms with E-state index in [0.717, 1.165) is 11.1 Å². The third-order valence-corrected chi connectivity index (χ3v) is 3.65. The molecule has 0 aliphatic heterocycles. The number of pyridine rings is 1. The number of nitrogens with two attached hydrogens (primary N) is 1. The molecule has 1 aromatic heterocycles. The summed E-state index contributed by atoms with van der Waals surface area (Å²) < 4.78 is 0. The summed E-state index contributed by atoms with van der Waals surface area (Å²) in [6.07, 6.45) is 3.55. The maximum atomic E-state index is 12.2. The van der Waals surface area contributed by atoms with E-state index in [1.54, 1.807) is 36.7 Å². The third-order valence-electron chi connectivity index (χ3n) is 3.25. The molecule has 0 spiro atoms. The van der Waals surface area contributed by atoms with E-state index in [1.165, 1.54) is 0 Å². The van der Waals surface area contributed by atoms with Gasteiger partial charge in [0.1, 0.15) is 6.04 Å². The minimum absolute atomic E-state index is 0.286. The largest absolute Gasteiger partial charge is 0.368 e. The molecule has 0 aliphatic rings. The smallest absolute Gasteiger partial charge is 0.251 e. The Kier molecular flexibility index (Phi) is 5.12. The molecular weight excluding hydrogens is 302 g/mol. The number of benzene rings is 1. The average molecular weight is 318 g/mol. The predicted octanol–water partition coefficient (Wildman–Crippen LogP) is 1.87. The molecule has 114 valence electrons. The number of carbonyl (C=O) groups is 2. The van der Waals surface area contributed by atoms with Gasteiger partial charge in [-0.2, -0.15) is 0 Å². The van der Waals surface area contributed by atoms with Crippen molar-refractivity contribution in [1.29, 1.82) is 0 Å². The maximum absolute atomic E-state index is 12.2. The summed E-state index contributed by atoms with van der Waals surface area (Å²) in [5, 5.41) is 3.12. The summed E-state index contributed by atoms with van der Waals surface area (Å²) in [7, 11) is 0. The second-order valence-electron chi connectivity index (χ2n) is 4.96. The van der Waals surface area contributed by atoms with Crippen LogP contribution in [0.15, 0.2) is 42.7 Å². The topological polar surface area (TPSA) is 85.1 Å². The van der Waals surface area contributed by atoms with E-state index in [4.69, 9.17) is 17.3 Å². The molecule has 3 N–H and O–H groups in total. The van der Waals surface area contributed by atoms with E-state index in [1.807, 2.05) is 13.0 Å². The molecule has 1 unspecified atom stereocenters. The van der Waals surface area contributed by atoms with Crippen LogP contribution in [0.3, 0.4) is 0 Å². The standard InChI is InChI=1S/C16H16ClN3O2/c1-10-4-5-12(8-13(10)17)16(22)20-14(15(18)21)7-11-3-2-6-19-9-11/h2-6,8-9,14H,7H2,1H3,(H2,18,21)(H,20,22). The van der Waals surface area contributed by atoms with Crippen LogP contribution >= 0.6 is 11.6 Å². The third kappa shape index (κ3) is 4.05. The number of aromatic nitrogens is 1. The normalized spacial score (nSPS) is 11.7. The van der Waals surface area contributed by atoms with Crippen LogP contribution in [0.5, 0.6) is 0 Å². The van der Waals surface area contributed by atoms with Gasteiger partial charge in [-0.05, 0) is 36.2 Å². The number of nitrogens with one attached hydrogen (secondary N) is 1. The fraction of sp³-hybridized carbons (Fsp3) is 0.188. The Morgan fingerprint density at radius 3 is 2.73 bits per heavy atom. The van der Waals surface area contributed by atoms with Gasteiger partial charge in [-0.15, -0.1) is 0 Å². The molecule has 0 aliphatic carbocycles. The lowest BCUT2D eigenvalue weighted by Crippen LogP contribution is -2.45. The van der Waals surface area contributed by atoms with E-state index in [-0.39, 0.29) is 6.42 Å². The van der Waals surface area contributed by atoms with Crippen LogP contribution in [-0.2, 0) is 11.2 Å². The van der Waals surface area contributed by atoms with Crippen LogP contribution in [0, 0.1) is 6.92 Å². The SMILES string of the molecule is Cc1ccc(C(=O)NC(Cc2cccnc2)C(N)=O)cc1Cl. The number of rotatable bonds is 5. The van der Waals surface area contributed by atoms with Crippen molar-refractivity contribution < 1.29 is 9.59 Å². The first-order chi connectivity index (χ1) is 10.5. The van der Waals surface area contributed by atoms with Crippen LogP contribution in [0.2, 0.25) is 5.02 Å². The summed E-state index contributed by atoms with van der Waals surface area (Å²) in [4.78, 5) is 27.7. The van der Waals surface area contributed by atoms with Gasteiger partial charge in [-0.3, -0.25) is 14.6 Å². The van der Waals surface area contributed by atoms with Crippen molar-refractivity contribution in [3.8, 4) is 0 Å². The number of amides is 2. The Morgan fingerprint density at radius 1 is 1.36 bits per heavy atom. The Hall–Kier alpha value is -2.40. The zero-order valence-corrected chi connectivity index (χ0v) is 12.8. The molecule has 2 amide bonds. The molecule has 1 aromatic carbocycles. The van der Waals surface area contributed by atoms with Crippen molar-refractivity contribution in [2.75, 3.05) is 0 Å². The molecular formula is C16H16ClN3O2. The monoisotopic (exact) mass is 317 g/mol. The lowest BCUT2D eigenvalue weighted by molar-refractivity contribution is -0.119. The molecule has 2 aromatic rings. The lowest BCUT2D eigenvalue weighted by atomic mass is 10.1. The average Bonchev–Trinajstić information content (AvgIpc) is 2.50. The molecule has 1 atom stereocenters. The first kappa shape index (κ1) is 16.0. The number of carbonyl (C=O) groups excluding carboxylic acids is 2. The van der Waals surface area contributed by atoms with Gasteiger partial charge in [0.15, 0.2) is 0 Å². The molecule has 0 radical (unpaired) electrons. The quantitative estimate of drug-likeness (QED) is 0.882. The molecule has 0 bridgehead atoms. The van der Waals surface area contributed by atoms with Gasteiger partial charge >= 0.3 is 0 Å². The summed E-state index contributed by atoms with van der Waals surface area (Å²) in [6, 6.07) is 7.73. The van der Waals surface area contributed by atoms with Gasteiger partial charge in [-0.1, -0.05) is 23.7 Å². The zero-order valence-electron chi connectivity index (χ0n) is 12.0. The van der Waals surface area contributed by atoms with Crippen molar-refractivity contribution >= 4 is 23.4 Å². The number of nitrogens with zero attached hydrogens (tertiary/aromatic N) is 1. The fourth-order valence-corrected chi connectivity index (χ4v) is 2.13. The van der Waals surface area contributed by atoms with Crippen molar-refractivity contribution in [3.63, 3.8) is 0 Å². The molecule has 1 heterocycles. The zero-order chi connectivity index (χ0) is 16.1. The van der Waals surface area contributed by atoms with Crippen molar-refractivity contribution in [2.45, 2.75) is 19.4 Å². The van der Waals surface area contributed by atoms with E-state index < -0.39 is 17.9 Å². The van der Waals surface area contributed by atoms with E-state index in [9.17, 15) is 9.59 Å². The van der Waals surface area contributed by atoms with Crippen molar-refractivity contribution in [1.82, 2.24) is 10.3 Å². The molecule has 0 saturated carbocycles. The number of halogens is 1. The number of hydrogen-bond acceptors (Lipinski definition) is 3. The Bertz CT molecular complexity index is 689. The van der Waals surface area contributed by atoms with E-state index in [2.05, 4.69) is 10.3 Å². The van der Waals surface area contributed by atoms with Crippen LogP contribution in [-0.4, -0.2) is 22.8 Å². The Morgan fingerprint density at radius 2 is 2.14 bits per heavy atom. The van der Waals surface area contributed by atoms with Crippen LogP contribution in [0.4, 0.5) is 0 Å². The molecule has 0 saturated heterocycles. The molecule has 0 fully saturated rings. The minimum Gasteiger partial charge on any atom is -0.368 e. The van der Waals surface area contributed by atoms with Gasteiger partial charge in [0, 0.05) is 29.4 Å². The van der Waals surface area contributed by atoms with E-state index >= 15 is 0 Å². The first-order valence-corrected chi connectivity index (χ1v) is 7.10. The number of primary amides is 1. The van der Waals surface area contributed by atoms with Crippen LogP contribution in [0.1, 0.15) is 21.5 Å². The second kappa shape index (κ2) is 7.04. The summed E-state index contributed by atoms with van der Waals surface area (Å²) in [6.45, 7) is 1.85. The summed E-state index contributed by atoms with van der Waals surface area (Å²) in [5.74, 6) is -0.995. The highest BCUT2D eigenvalue weighted by molar-refractivity contribution is 6.31. The highest BCUT2D eigenvalue weighted by Crippen LogP contribution is 2.16. The Balaban J connectivity index is 2.12. The van der Waals surface area contributed by atoms with Gasteiger partial charge in [0.05, 0.1) is 0 Å². The van der Waals surface area contributed by atoms with Gasteiger partial charge < -0.3 is 11.1 Å². The van der Waals surface area contributed by atoms with Crippen LogP contribution < -0.4 is 11.1 Å². The van der Waals surface area contributed by atoms with Gasteiger partial charge in [0.2, 0.25) is 5.91 Å². The van der Waals surface area contributed by atoms with E-state index in [0.29, 0.717) is 10.6 Å².